The second-order valence-corrected chi connectivity index (χ2v) is 6.01. The smallest absolute Gasteiger partial charge is 0.241 e. The van der Waals surface area contributed by atoms with Crippen LogP contribution in [0.2, 0.25) is 0 Å². The number of sulfonamides is 1. The van der Waals surface area contributed by atoms with Gasteiger partial charge in [0.1, 0.15) is 0 Å². The van der Waals surface area contributed by atoms with Crippen molar-refractivity contribution >= 4 is 20.8 Å². The molecule has 0 amide bonds. The fraction of sp³-hybridized carbons (Fsp3) is 0.308. The number of rotatable bonds is 5. The van der Waals surface area contributed by atoms with Gasteiger partial charge in [0.2, 0.25) is 10.0 Å². The van der Waals surface area contributed by atoms with Crippen molar-refractivity contribution in [2.45, 2.75) is 17.9 Å². The molecule has 0 aliphatic carbocycles. The van der Waals surface area contributed by atoms with Gasteiger partial charge < -0.3 is 4.74 Å². The Labute approximate surface area is 112 Å². The van der Waals surface area contributed by atoms with E-state index in [0.29, 0.717) is 12.0 Å². The third kappa shape index (κ3) is 3.09. The summed E-state index contributed by atoms with van der Waals surface area (Å²) in [5, 5.41) is 1.46. The summed E-state index contributed by atoms with van der Waals surface area (Å²) >= 11 is 0. The fourth-order valence-corrected chi connectivity index (χ4v) is 3.40. The lowest BCUT2D eigenvalue weighted by Crippen LogP contribution is -2.35. The molecule has 6 heteroatoms. The molecule has 5 nitrogen and oxygen atoms in total. The molecule has 0 fully saturated rings. The predicted octanol–water partition coefficient (Wildman–Crippen LogP) is 1.55. The minimum atomic E-state index is -3.57. The van der Waals surface area contributed by atoms with Crippen LogP contribution in [0.5, 0.6) is 0 Å². The van der Waals surface area contributed by atoms with Gasteiger partial charge in [-0.1, -0.05) is 12.1 Å². The van der Waals surface area contributed by atoms with Gasteiger partial charge >= 0.3 is 0 Å². The van der Waals surface area contributed by atoms with E-state index in [9.17, 15) is 8.42 Å². The highest BCUT2D eigenvalue weighted by molar-refractivity contribution is 7.89. The van der Waals surface area contributed by atoms with E-state index in [2.05, 4.69) is 9.71 Å². The van der Waals surface area contributed by atoms with Crippen molar-refractivity contribution < 1.29 is 13.2 Å². The van der Waals surface area contributed by atoms with Crippen LogP contribution in [-0.4, -0.2) is 33.2 Å². The summed E-state index contributed by atoms with van der Waals surface area (Å²) in [6.45, 7) is 2.08. The first-order chi connectivity index (χ1) is 9.04. The number of benzene rings is 1. The van der Waals surface area contributed by atoms with Crippen LogP contribution in [0, 0.1) is 0 Å². The monoisotopic (exact) mass is 280 g/mol. The van der Waals surface area contributed by atoms with E-state index >= 15 is 0 Å². The Balaban J connectivity index is 2.43. The molecule has 19 heavy (non-hydrogen) atoms. The van der Waals surface area contributed by atoms with E-state index in [0.717, 1.165) is 5.39 Å². The van der Waals surface area contributed by atoms with Gasteiger partial charge in [0, 0.05) is 36.3 Å². The number of hydrogen-bond acceptors (Lipinski definition) is 4. The third-order valence-corrected chi connectivity index (χ3v) is 4.35. The van der Waals surface area contributed by atoms with E-state index in [1.54, 1.807) is 37.5 Å². The topological polar surface area (TPSA) is 68.3 Å². The molecule has 1 aromatic heterocycles. The lowest BCUT2D eigenvalue weighted by atomic mass is 10.2. The summed E-state index contributed by atoms with van der Waals surface area (Å²) in [6, 6.07) is 6.54. The molecule has 0 aliphatic heterocycles. The lowest BCUT2D eigenvalue weighted by Gasteiger charge is -2.14. The molecule has 0 saturated heterocycles. The van der Waals surface area contributed by atoms with E-state index in [1.165, 1.54) is 7.11 Å². The maximum Gasteiger partial charge on any atom is 0.241 e. The summed E-state index contributed by atoms with van der Waals surface area (Å²) in [7, 11) is -2.03. The zero-order valence-corrected chi connectivity index (χ0v) is 11.6. The molecule has 0 bridgehead atoms. The zero-order valence-electron chi connectivity index (χ0n) is 10.8. The van der Waals surface area contributed by atoms with E-state index in [4.69, 9.17) is 4.74 Å². The van der Waals surface area contributed by atoms with Crippen LogP contribution >= 0.6 is 0 Å². The average Bonchev–Trinajstić information content (AvgIpc) is 2.37. The fourth-order valence-electron chi connectivity index (χ4n) is 1.94. The van der Waals surface area contributed by atoms with Gasteiger partial charge in [-0.3, -0.25) is 4.98 Å². The molecule has 2 rings (SSSR count). The van der Waals surface area contributed by atoms with Crippen molar-refractivity contribution in [3.8, 4) is 0 Å². The molecule has 1 aromatic carbocycles. The molecule has 0 saturated carbocycles. The largest absolute Gasteiger partial charge is 0.383 e. The predicted molar refractivity (Wildman–Crippen MR) is 73.4 cm³/mol. The molecule has 0 radical (unpaired) electrons. The summed E-state index contributed by atoms with van der Waals surface area (Å²) in [5.41, 5.74) is 0. The molecule has 1 N–H and O–H groups in total. The SMILES string of the molecule is COCC(C)NS(=O)(=O)c1cccc2cnccc12. The highest BCUT2D eigenvalue weighted by Gasteiger charge is 2.19. The Hall–Kier alpha value is -1.50. The highest BCUT2D eigenvalue weighted by Crippen LogP contribution is 2.21. The lowest BCUT2D eigenvalue weighted by molar-refractivity contribution is 0.180. The number of nitrogens with one attached hydrogen (secondary N) is 1. The number of methoxy groups -OCH3 is 1. The Morgan fingerprint density at radius 1 is 1.37 bits per heavy atom. The second kappa shape index (κ2) is 5.64. The van der Waals surface area contributed by atoms with Crippen LogP contribution in [-0.2, 0) is 14.8 Å². The van der Waals surface area contributed by atoms with Crippen LogP contribution in [0.3, 0.4) is 0 Å². The van der Waals surface area contributed by atoms with Crippen LogP contribution in [0.4, 0.5) is 0 Å². The normalized spacial score (nSPS) is 13.6. The molecule has 2 aromatic rings. The molecular weight excluding hydrogens is 264 g/mol. The average molecular weight is 280 g/mol. The Morgan fingerprint density at radius 2 is 2.16 bits per heavy atom. The van der Waals surface area contributed by atoms with Crippen molar-refractivity contribution in [1.82, 2.24) is 9.71 Å². The molecule has 1 unspecified atom stereocenters. The molecule has 1 heterocycles. The first-order valence-electron chi connectivity index (χ1n) is 5.88. The van der Waals surface area contributed by atoms with Gasteiger partial charge in [-0.25, -0.2) is 13.1 Å². The van der Waals surface area contributed by atoms with Crippen molar-refractivity contribution in [3.63, 3.8) is 0 Å². The first-order valence-corrected chi connectivity index (χ1v) is 7.37. The summed E-state index contributed by atoms with van der Waals surface area (Å²) < 4.78 is 32.2. The third-order valence-electron chi connectivity index (χ3n) is 2.70. The van der Waals surface area contributed by atoms with Crippen LogP contribution < -0.4 is 4.72 Å². The quantitative estimate of drug-likeness (QED) is 0.902. The van der Waals surface area contributed by atoms with Gasteiger partial charge in [-0.05, 0) is 19.1 Å². The minimum absolute atomic E-state index is 0.260. The number of ether oxygens (including phenoxy) is 1. The van der Waals surface area contributed by atoms with E-state index in [1.807, 2.05) is 6.07 Å². The minimum Gasteiger partial charge on any atom is -0.383 e. The zero-order chi connectivity index (χ0) is 13.9. The second-order valence-electron chi connectivity index (χ2n) is 4.33. The van der Waals surface area contributed by atoms with E-state index in [-0.39, 0.29) is 10.9 Å². The number of pyridine rings is 1. The van der Waals surface area contributed by atoms with Gasteiger partial charge in [-0.2, -0.15) is 0 Å². The van der Waals surface area contributed by atoms with Crippen molar-refractivity contribution in [3.05, 3.63) is 36.7 Å². The Bertz CT molecular complexity index is 665. The van der Waals surface area contributed by atoms with Gasteiger partial charge in [0.05, 0.1) is 11.5 Å². The molecule has 0 spiro atoms. The highest BCUT2D eigenvalue weighted by atomic mass is 32.2. The summed E-state index contributed by atoms with van der Waals surface area (Å²) in [4.78, 5) is 4.25. The van der Waals surface area contributed by atoms with Crippen LogP contribution in [0.1, 0.15) is 6.92 Å². The van der Waals surface area contributed by atoms with Crippen molar-refractivity contribution in [1.29, 1.82) is 0 Å². The molecule has 0 aliphatic rings. The maximum absolute atomic E-state index is 12.3. The van der Waals surface area contributed by atoms with Crippen LogP contribution in [0.15, 0.2) is 41.6 Å². The summed E-state index contributed by atoms with van der Waals surface area (Å²) in [6.07, 6.45) is 3.23. The van der Waals surface area contributed by atoms with Gasteiger partial charge in [-0.15, -0.1) is 0 Å². The Morgan fingerprint density at radius 3 is 2.89 bits per heavy atom. The number of hydrogen-bond donors (Lipinski definition) is 1. The van der Waals surface area contributed by atoms with Crippen LogP contribution in [0.25, 0.3) is 10.8 Å². The van der Waals surface area contributed by atoms with Gasteiger partial charge in [0.15, 0.2) is 0 Å². The summed E-state index contributed by atoms with van der Waals surface area (Å²) in [5.74, 6) is 0. The first kappa shape index (κ1) is 13.9. The number of nitrogens with zero attached hydrogens (tertiary/aromatic N) is 1. The van der Waals surface area contributed by atoms with Gasteiger partial charge in [0.25, 0.3) is 0 Å². The standard InChI is InChI=1S/C13H16N2O3S/c1-10(9-18-2)15-19(16,17)13-5-3-4-11-8-14-7-6-12(11)13/h3-8,10,15H,9H2,1-2H3. The van der Waals surface area contributed by atoms with Crippen molar-refractivity contribution in [2.75, 3.05) is 13.7 Å². The molecule has 102 valence electrons. The number of aromatic nitrogens is 1. The van der Waals surface area contributed by atoms with Crippen molar-refractivity contribution in [2.24, 2.45) is 0 Å². The molecular formula is C13H16N2O3S. The molecule has 1 atom stereocenters. The van der Waals surface area contributed by atoms with E-state index < -0.39 is 10.0 Å². The number of fused-ring (bicyclic) bond motifs is 1. The Kier molecular flexibility index (Phi) is 4.14. The maximum atomic E-state index is 12.3.